The predicted octanol–water partition coefficient (Wildman–Crippen LogP) is 3.08. The first kappa shape index (κ1) is 19.4. The quantitative estimate of drug-likeness (QED) is 0.802. The summed E-state index contributed by atoms with van der Waals surface area (Å²) in [7, 11) is 0. The Hall–Kier alpha value is -2.38. The highest BCUT2D eigenvalue weighted by Gasteiger charge is 2.26. The van der Waals surface area contributed by atoms with Gasteiger partial charge in [0.25, 0.3) is 0 Å². The summed E-state index contributed by atoms with van der Waals surface area (Å²) in [5, 5.41) is 7.96. The molecule has 1 fully saturated rings. The van der Waals surface area contributed by atoms with E-state index in [0.29, 0.717) is 42.8 Å². The van der Waals surface area contributed by atoms with Gasteiger partial charge in [0.1, 0.15) is 6.10 Å². The van der Waals surface area contributed by atoms with Crippen LogP contribution in [-0.2, 0) is 9.47 Å². The van der Waals surface area contributed by atoms with Gasteiger partial charge in [0, 0.05) is 19.2 Å². The molecular formula is C19H23ClN4O3. The first-order chi connectivity index (χ1) is 12.9. The molecule has 0 bridgehead atoms. The van der Waals surface area contributed by atoms with Gasteiger partial charge in [0.2, 0.25) is 0 Å². The summed E-state index contributed by atoms with van der Waals surface area (Å²) in [4.78, 5) is 14.2. The average Bonchev–Trinajstić information content (AvgIpc) is 2.66. The van der Waals surface area contributed by atoms with Crippen LogP contribution in [0.15, 0.2) is 18.2 Å². The molecule has 0 radical (unpaired) electrons. The summed E-state index contributed by atoms with van der Waals surface area (Å²) >= 11 is 5.98. The van der Waals surface area contributed by atoms with E-state index in [1.165, 1.54) is 0 Å². The van der Waals surface area contributed by atoms with Crippen LogP contribution in [0.1, 0.15) is 40.1 Å². The zero-order valence-electron chi connectivity index (χ0n) is 15.7. The SMILES string of the molecule is CCOC(=O)c1ccc([C@@H]2CN(c3cc(Cl)nnc3N)CCO2)c(C)c1C. The maximum Gasteiger partial charge on any atom is 0.338 e. The number of carbonyl (C=O) groups is 1. The number of hydrogen-bond donors (Lipinski definition) is 1. The number of nitrogens with zero attached hydrogens (tertiary/aromatic N) is 3. The van der Waals surface area contributed by atoms with Gasteiger partial charge in [0.05, 0.1) is 24.5 Å². The second-order valence-electron chi connectivity index (χ2n) is 6.42. The molecule has 0 aliphatic carbocycles. The minimum Gasteiger partial charge on any atom is -0.462 e. The Kier molecular flexibility index (Phi) is 5.82. The Bertz CT molecular complexity index is 859. The van der Waals surface area contributed by atoms with Crippen LogP contribution >= 0.6 is 11.6 Å². The van der Waals surface area contributed by atoms with E-state index >= 15 is 0 Å². The second-order valence-corrected chi connectivity index (χ2v) is 6.80. The highest BCUT2D eigenvalue weighted by molar-refractivity contribution is 6.29. The van der Waals surface area contributed by atoms with Crippen molar-refractivity contribution in [3.8, 4) is 0 Å². The van der Waals surface area contributed by atoms with E-state index < -0.39 is 0 Å². The van der Waals surface area contributed by atoms with Crippen LogP contribution in [0.2, 0.25) is 5.15 Å². The molecule has 7 nitrogen and oxygen atoms in total. The molecular weight excluding hydrogens is 368 g/mol. The molecule has 0 amide bonds. The van der Waals surface area contributed by atoms with Crippen LogP contribution in [0.5, 0.6) is 0 Å². The monoisotopic (exact) mass is 390 g/mol. The van der Waals surface area contributed by atoms with Crippen molar-refractivity contribution in [1.29, 1.82) is 0 Å². The lowest BCUT2D eigenvalue weighted by molar-refractivity contribution is 0.0392. The number of rotatable bonds is 4. The zero-order valence-corrected chi connectivity index (χ0v) is 16.4. The maximum atomic E-state index is 12.1. The number of benzene rings is 1. The smallest absolute Gasteiger partial charge is 0.338 e. The fourth-order valence-electron chi connectivity index (χ4n) is 3.30. The molecule has 1 saturated heterocycles. The third-order valence-corrected chi connectivity index (χ3v) is 5.03. The fraction of sp³-hybridized carbons (Fsp3) is 0.421. The van der Waals surface area contributed by atoms with Crippen LogP contribution in [0, 0.1) is 13.8 Å². The lowest BCUT2D eigenvalue weighted by Gasteiger charge is -2.35. The van der Waals surface area contributed by atoms with Gasteiger partial charge in [-0.1, -0.05) is 17.7 Å². The van der Waals surface area contributed by atoms with Crippen LogP contribution < -0.4 is 10.6 Å². The highest BCUT2D eigenvalue weighted by atomic mass is 35.5. The van der Waals surface area contributed by atoms with Crippen molar-refractivity contribution in [2.45, 2.75) is 26.9 Å². The standard InChI is InChI=1S/C19H23ClN4O3/c1-4-26-19(25)14-6-5-13(11(2)12(14)3)16-10-24(7-8-27-16)15-9-17(20)22-23-18(15)21/h5-6,9,16H,4,7-8,10H2,1-3H3,(H2,21,23)/t16-/m0/s1. The molecule has 0 unspecified atom stereocenters. The molecule has 1 atom stereocenters. The van der Waals surface area contributed by atoms with E-state index in [0.717, 1.165) is 22.4 Å². The number of nitrogens with two attached hydrogens (primary N) is 1. The number of aromatic nitrogens is 2. The van der Waals surface area contributed by atoms with Gasteiger partial charge in [0.15, 0.2) is 11.0 Å². The summed E-state index contributed by atoms with van der Waals surface area (Å²) in [5.41, 5.74) is 10.3. The average molecular weight is 391 g/mol. The molecule has 144 valence electrons. The molecule has 8 heteroatoms. The summed E-state index contributed by atoms with van der Waals surface area (Å²) in [6, 6.07) is 5.45. The van der Waals surface area contributed by atoms with Crippen molar-refractivity contribution in [3.63, 3.8) is 0 Å². The van der Waals surface area contributed by atoms with Crippen LogP contribution in [0.4, 0.5) is 11.5 Å². The Morgan fingerprint density at radius 3 is 2.89 bits per heavy atom. The van der Waals surface area contributed by atoms with E-state index in [2.05, 4.69) is 15.1 Å². The highest BCUT2D eigenvalue weighted by Crippen LogP contribution is 2.32. The number of anilines is 2. The van der Waals surface area contributed by atoms with Gasteiger partial charge in [-0.2, -0.15) is 0 Å². The molecule has 1 aromatic heterocycles. The molecule has 0 saturated carbocycles. The number of esters is 1. The normalized spacial score (nSPS) is 17.0. The Morgan fingerprint density at radius 2 is 2.15 bits per heavy atom. The Balaban J connectivity index is 1.87. The van der Waals surface area contributed by atoms with Crippen molar-refractivity contribution in [3.05, 3.63) is 45.6 Å². The van der Waals surface area contributed by atoms with E-state index in [4.69, 9.17) is 26.8 Å². The fourth-order valence-corrected chi connectivity index (χ4v) is 3.44. The Labute approximate surface area is 163 Å². The summed E-state index contributed by atoms with van der Waals surface area (Å²) in [6.45, 7) is 7.90. The summed E-state index contributed by atoms with van der Waals surface area (Å²) in [5.74, 6) is 0.0340. The topological polar surface area (TPSA) is 90.6 Å². The summed E-state index contributed by atoms with van der Waals surface area (Å²) < 4.78 is 11.1. The summed E-state index contributed by atoms with van der Waals surface area (Å²) in [6.07, 6.45) is -0.153. The van der Waals surface area contributed by atoms with Gasteiger partial charge < -0.3 is 20.1 Å². The first-order valence-electron chi connectivity index (χ1n) is 8.84. The van der Waals surface area contributed by atoms with E-state index in [1.807, 2.05) is 19.9 Å². The number of nitrogen functional groups attached to an aromatic ring is 1. The zero-order chi connectivity index (χ0) is 19.6. The van der Waals surface area contributed by atoms with Gasteiger partial charge >= 0.3 is 5.97 Å². The lowest BCUT2D eigenvalue weighted by Crippen LogP contribution is -2.39. The lowest BCUT2D eigenvalue weighted by atomic mass is 9.94. The number of halogens is 1. The molecule has 2 N–H and O–H groups in total. The van der Waals surface area contributed by atoms with Crippen molar-refractivity contribution in [1.82, 2.24) is 10.2 Å². The second kappa shape index (κ2) is 8.10. The number of carbonyl (C=O) groups excluding carboxylic acids is 1. The predicted molar refractivity (Wildman–Crippen MR) is 104 cm³/mol. The number of morpholine rings is 1. The molecule has 3 rings (SSSR count). The van der Waals surface area contributed by atoms with Crippen LogP contribution in [-0.4, -0.2) is 42.5 Å². The molecule has 1 aliphatic heterocycles. The van der Waals surface area contributed by atoms with Crippen molar-refractivity contribution >= 4 is 29.1 Å². The van der Waals surface area contributed by atoms with Crippen molar-refractivity contribution < 1.29 is 14.3 Å². The molecule has 2 heterocycles. The van der Waals surface area contributed by atoms with Crippen molar-refractivity contribution in [2.24, 2.45) is 0 Å². The van der Waals surface area contributed by atoms with Crippen LogP contribution in [0.3, 0.4) is 0 Å². The van der Waals surface area contributed by atoms with Gasteiger partial charge in [-0.3, -0.25) is 0 Å². The minimum absolute atomic E-state index is 0.153. The molecule has 0 spiro atoms. The number of hydrogen-bond acceptors (Lipinski definition) is 7. The van der Waals surface area contributed by atoms with Crippen molar-refractivity contribution in [2.75, 3.05) is 36.9 Å². The molecule has 1 aliphatic rings. The molecule has 1 aromatic carbocycles. The maximum absolute atomic E-state index is 12.1. The van der Waals surface area contributed by atoms with E-state index in [9.17, 15) is 4.79 Å². The first-order valence-corrected chi connectivity index (χ1v) is 9.22. The van der Waals surface area contributed by atoms with E-state index in [-0.39, 0.29) is 12.1 Å². The van der Waals surface area contributed by atoms with E-state index in [1.54, 1.807) is 19.1 Å². The van der Waals surface area contributed by atoms with Gasteiger partial charge in [-0.25, -0.2) is 4.79 Å². The third kappa shape index (κ3) is 3.99. The molecule has 2 aromatic rings. The van der Waals surface area contributed by atoms with Gasteiger partial charge in [-0.05, 0) is 43.5 Å². The molecule has 27 heavy (non-hydrogen) atoms. The largest absolute Gasteiger partial charge is 0.462 e. The van der Waals surface area contributed by atoms with Crippen LogP contribution in [0.25, 0.3) is 0 Å². The minimum atomic E-state index is -0.305. The number of ether oxygens (including phenoxy) is 2. The Morgan fingerprint density at radius 1 is 1.37 bits per heavy atom. The van der Waals surface area contributed by atoms with Gasteiger partial charge in [-0.15, -0.1) is 10.2 Å². The third-order valence-electron chi connectivity index (χ3n) is 4.85.